The second kappa shape index (κ2) is 5.85. The van der Waals surface area contributed by atoms with Crippen molar-refractivity contribution < 1.29 is 4.39 Å². The minimum Gasteiger partial charge on any atom is -0.354 e. The van der Waals surface area contributed by atoms with Gasteiger partial charge < -0.3 is 4.90 Å². The van der Waals surface area contributed by atoms with E-state index in [9.17, 15) is 4.39 Å². The van der Waals surface area contributed by atoms with E-state index in [0.717, 1.165) is 37.4 Å². The molecule has 1 aliphatic heterocycles. The lowest BCUT2D eigenvalue weighted by Gasteiger charge is -2.40. The van der Waals surface area contributed by atoms with Crippen molar-refractivity contribution in [1.82, 2.24) is 9.88 Å². The van der Waals surface area contributed by atoms with Crippen molar-refractivity contribution in [2.75, 3.05) is 31.6 Å². The Balaban J connectivity index is 2.21. The largest absolute Gasteiger partial charge is 0.354 e. The molecule has 3 nitrogen and oxygen atoms in total. The van der Waals surface area contributed by atoms with Gasteiger partial charge in [-0.2, -0.15) is 0 Å². The highest BCUT2D eigenvalue weighted by Crippen LogP contribution is 2.23. The molecule has 1 atom stereocenters. The first kappa shape index (κ1) is 13.6. The van der Waals surface area contributed by atoms with Gasteiger partial charge >= 0.3 is 0 Å². The van der Waals surface area contributed by atoms with Crippen molar-refractivity contribution in [2.24, 2.45) is 0 Å². The molecule has 1 fully saturated rings. The van der Waals surface area contributed by atoms with Crippen molar-refractivity contribution >= 4 is 17.4 Å². The third-order valence-electron chi connectivity index (χ3n) is 3.60. The molecule has 18 heavy (non-hydrogen) atoms. The zero-order chi connectivity index (χ0) is 13.1. The number of halogens is 2. The summed E-state index contributed by atoms with van der Waals surface area (Å²) >= 11 is 5.88. The molecule has 0 spiro atoms. The Hall–Kier alpha value is -0.870. The van der Waals surface area contributed by atoms with Crippen LogP contribution in [0.25, 0.3) is 0 Å². The molecule has 5 heteroatoms. The maximum Gasteiger partial charge on any atom is 0.141 e. The molecule has 1 saturated heterocycles. The number of rotatable bonds is 3. The Morgan fingerprint density at radius 3 is 2.94 bits per heavy atom. The molecule has 0 radical (unpaired) electrons. The normalized spacial score (nSPS) is 21.3. The van der Waals surface area contributed by atoms with Crippen LogP contribution >= 0.6 is 11.6 Å². The fourth-order valence-electron chi connectivity index (χ4n) is 2.44. The van der Waals surface area contributed by atoms with Crippen LogP contribution in [0.3, 0.4) is 0 Å². The fourth-order valence-corrected chi connectivity index (χ4v) is 2.63. The van der Waals surface area contributed by atoms with Crippen molar-refractivity contribution in [3.63, 3.8) is 0 Å². The molecule has 1 aromatic rings. The lowest BCUT2D eigenvalue weighted by atomic mass is 10.1. The molecule has 0 aromatic carbocycles. The topological polar surface area (TPSA) is 19.4 Å². The predicted molar refractivity (Wildman–Crippen MR) is 72.7 cm³/mol. The summed E-state index contributed by atoms with van der Waals surface area (Å²) in [7, 11) is 2.14. The van der Waals surface area contributed by atoms with Crippen molar-refractivity contribution in [1.29, 1.82) is 0 Å². The number of alkyl halides is 1. The van der Waals surface area contributed by atoms with E-state index >= 15 is 0 Å². The summed E-state index contributed by atoms with van der Waals surface area (Å²) in [6.45, 7) is 5.02. The Morgan fingerprint density at radius 1 is 1.50 bits per heavy atom. The average Bonchev–Trinajstić information content (AvgIpc) is 2.39. The summed E-state index contributed by atoms with van der Waals surface area (Å²) in [4.78, 5) is 8.79. The number of hydrogen-bond donors (Lipinski definition) is 0. The summed E-state index contributed by atoms with van der Waals surface area (Å²) in [5, 5.41) is 0. The van der Waals surface area contributed by atoms with Gasteiger partial charge in [0, 0.05) is 31.2 Å². The van der Waals surface area contributed by atoms with Gasteiger partial charge in [0.25, 0.3) is 0 Å². The van der Waals surface area contributed by atoms with Crippen LogP contribution in [0.1, 0.15) is 18.9 Å². The van der Waals surface area contributed by atoms with Crippen LogP contribution in [0.2, 0.25) is 0 Å². The van der Waals surface area contributed by atoms with E-state index in [2.05, 4.69) is 28.8 Å². The number of likely N-dealkylation sites (N-methyl/N-ethyl adjacent to an activating group) is 1. The Labute approximate surface area is 113 Å². The van der Waals surface area contributed by atoms with E-state index in [4.69, 9.17) is 11.6 Å². The third kappa shape index (κ3) is 2.75. The van der Waals surface area contributed by atoms with Gasteiger partial charge in [0.2, 0.25) is 0 Å². The molecule has 0 bridgehead atoms. The smallest absolute Gasteiger partial charge is 0.141 e. The number of pyridine rings is 1. The molecule has 0 aliphatic carbocycles. The second-order valence-corrected chi connectivity index (χ2v) is 5.03. The Morgan fingerprint density at radius 2 is 2.28 bits per heavy atom. The van der Waals surface area contributed by atoms with Gasteiger partial charge in [-0.15, -0.1) is 11.6 Å². The monoisotopic (exact) mass is 271 g/mol. The molecule has 2 heterocycles. The minimum absolute atomic E-state index is 0.295. The van der Waals surface area contributed by atoms with Crippen LogP contribution in [-0.4, -0.2) is 42.6 Å². The highest BCUT2D eigenvalue weighted by atomic mass is 35.5. The number of hydrogen-bond acceptors (Lipinski definition) is 3. The molecule has 0 amide bonds. The van der Waals surface area contributed by atoms with E-state index in [0.29, 0.717) is 11.9 Å². The van der Waals surface area contributed by atoms with Crippen LogP contribution in [0.4, 0.5) is 10.2 Å². The highest BCUT2D eigenvalue weighted by Gasteiger charge is 2.25. The predicted octanol–water partition coefficient (Wildman–Crippen LogP) is 2.49. The molecule has 100 valence electrons. The van der Waals surface area contributed by atoms with E-state index in [1.165, 1.54) is 12.3 Å². The molecule has 0 saturated carbocycles. The number of nitrogens with zero attached hydrogens (tertiary/aromatic N) is 3. The second-order valence-electron chi connectivity index (χ2n) is 4.76. The summed E-state index contributed by atoms with van der Waals surface area (Å²) < 4.78 is 13.2. The molecular formula is C13H19ClFN3. The maximum absolute atomic E-state index is 13.2. The molecule has 2 rings (SSSR count). The van der Waals surface area contributed by atoms with Gasteiger partial charge in [-0.25, -0.2) is 9.37 Å². The van der Waals surface area contributed by atoms with Gasteiger partial charge in [0.05, 0.1) is 12.1 Å². The highest BCUT2D eigenvalue weighted by molar-refractivity contribution is 6.17. The van der Waals surface area contributed by atoms with Crippen molar-refractivity contribution in [3.8, 4) is 0 Å². The van der Waals surface area contributed by atoms with Crippen LogP contribution in [0.5, 0.6) is 0 Å². The summed E-state index contributed by atoms with van der Waals surface area (Å²) in [5.41, 5.74) is 0.774. The molecule has 1 aromatic heterocycles. The lowest BCUT2D eigenvalue weighted by Crippen LogP contribution is -2.51. The van der Waals surface area contributed by atoms with Crippen molar-refractivity contribution in [2.45, 2.75) is 25.3 Å². The average molecular weight is 272 g/mol. The van der Waals surface area contributed by atoms with E-state index in [1.807, 2.05) is 0 Å². The SMILES string of the molecule is CCC1CN(c2ncc(F)cc2CCl)CCN1C. The third-order valence-corrected chi connectivity index (χ3v) is 3.89. The quantitative estimate of drug-likeness (QED) is 0.788. The first-order valence-corrected chi connectivity index (χ1v) is 6.84. The van der Waals surface area contributed by atoms with E-state index < -0.39 is 0 Å². The molecule has 1 unspecified atom stereocenters. The maximum atomic E-state index is 13.2. The number of piperazine rings is 1. The standard InChI is InChI=1S/C13H19ClFN3/c1-3-12-9-18(5-4-17(12)2)13-10(7-14)6-11(15)8-16-13/h6,8,12H,3-5,7,9H2,1-2H3. The number of anilines is 1. The zero-order valence-corrected chi connectivity index (χ0v) is 11.6. The van der Waals surface area contributed by atoms with Gasteiger partial charge in [-0.05, 0) is 19.5 Å². The zero-order valence-electron chi connectivity index (χ0n) is 10.9. The fraction of sp³-hybridized carbons (Fsp3) is 0.615. The van der Waals surface area contributed by atoms with Crippen LogP contribution in [0.15, 0.2) is 12.3 Å². The lowest BCUT2D eigenvalue weighted by molar-refractivity contribution is 0.212. The van der Waals surface area contributed by atoms with Gasteiger partial charge in [-0.3, -0.25) is 4.90 Å². The van der Waals surface area contributed by atoms with E-state index in [1.54, 1.807) is 0 Å². The Bertz CT molecular complexity index is 413. The molecule has 0 N–H and O–H groups in total. The minimum atomic E-state index is -0.324. The van der Waals surface area contributed by atoms with Crippen molar-refractivity contribution in [3.05, 3.63) is 23.6 Å². The molecule has 1 aliphatic rings. The summed E-state index contributed by atoms with van der Waals surface area (Å²) in [6.07, 6.45) is 2.37. The van der Waals surface area contributed by atoms with E-state index in [-0.39, 0.29) is 5.82 Å². The Kier molecular flexibility index (Phi) is 4.40. The first-order chi connectivity index (χ1) is 8.65. The summed E-state index contributed by atoms with van der Waals surface area (Å²) in [5.74, 6) is 0.803. The summed E-state index contributed by atoms with van der Waals surface area (Å²) in [6, 6.07) is 2.00. The van der Waals surface area contributed by atoms with Crippen LogP contribution in [0, 0.1) is 5.82 Å². The number of aromatic nitrogens is 1. The van der Waals surface area contributed by atoms with Gasteiger partial charge in [0.15, 0.2) is 0 Å². The first-order valence-electron chi connectivity index (χ1n) is 6.31. The molecular weight excluding hydrogens is 253 g/mol. The van der Waals surface area contributed by atoms with Crippen LogP contribution < -0.4 is 4.90 Å². The van der Waals surface area contributed by atoms with Gasteiger partial charge in [0.1, 0.15) is 11.6 Å². The van der Waals surface area contributed by atoms with Gasteiger partial charge in [-0.1, -0.05) is 6.92 Å². The van der Waals surface area contributed by atoms with Crippen LogP contribution in [-0.2, 0) is 5.88 Å².